The third-order valence-electron chi connectivity index (χ3n) is 9.63. The van der Waals surface area contributed by atoms with Crippen LogP contribution in [-0.2, 0) is 17.8 Å². The van der Waals surface area contributed by atoms with Crippen molar-refractivity contribution >= 4 is 28.2 Å². The Kier molecular flexibility index (Phi) is 8.99. The molecule has 3 unspecified atom stereocenters. The number of amides is 1. The highest BCUT2D eigenvalue weighted by Crippen LogP contribution is 2.35. The van der Waals surface area contributed by atoms with Crippen molar-refractivity contribution in [3.8, 4) is 12.1 Å². The first kappa shape index (κ1) is 29.9. The number of hydrogen-bond acceptors (Lipinski definition) is 8. The van der Waals surface area contributed by atoms with Crippen LogP contribution in [0, 0.1) is 17.2 Å². The van der Waals surface area contributed by atoms with Crippen molar-refractivity contribution in [1.82, 2.24) is 19.8 Å². The Labute approximate surface area is 260 Å². The molecule has 3 aromatic rings. The van der Waals surface area contributed by atoms with Gasteiger partial charge in [0, 0.05) is 48.9 Å². The lowest BCUT2D eigenvalue weighted by Gasteiger charge is -2.42. The number of benzene rings is 2. The molecule has 0 spiro atoms. The molecule has 1 saturated heterocycles. The monoisotopic (exact) mass is 593 g/mol. The Morgan fingerprint density at radius 3 is 2.77 bits per heavy atom. The summed E-state index contributed by atoms with van der Waals surface area (Å²) in [4.78, 5) is 31.4. The van der Waals surface area contributed by atoms with Gasteiger partial charge in [0.2, 0.25) is 5.91 Å². The molecule has 1 amide bonds. The maximum Gasteiger partial charge on any atom is 0.318 e. The van der Waals surface area contributed by atoms with Crippen LogP contribution in [0.5, 0.6) is 6.01 Å². The molecule has 3 atom stereocenters. The summed E-state index contributed by atoms with van der Waals surface area (Å²) in [5.74, 6) is 1.22. The zero-order valence-corrected chi connectivity index (χ0v) is 26.0. The molecule has 230 valence electrons. The van der Waals surface area contributed by atoms with Crippen molar-refractivity contribution in [2.75, 3.05) is 56.7 Å². The minimum absolute atomic E-state index is 0.132. The molecule has 3 heterocycles. The van der Waals surface area contributed by atoms with Crippen LogP contribution >= 0.6 is 0 Å². The van der Waals surface area contributed by atoms with Crippen LogP contribution in [0.4, 0.5) is 11.5 Å². The van der Waals surface area contributed by atoms with Crippen LogP contribution in [0.25, 0.3) is 10.8 Å². The summed E-state index contributed by atoms with van der Waals surface area (Å²) in [6.45, 7) is 7.47. The van der Waals surface area contributed by atoms with Gasteiger partial charge in [-0.25, -0.2) is 0 Å². The molecule has 9 nitrogen and oxygen atoms in total. The van der Waals surface area contributed by atoms with E-state index in [4.69, 9.17) is 14.7 Å². The highest BCUT2D eigenvalue weighted by atomic mass is 16.5. The van der Waals surface area contributed by atoms with Crippen molar-refractivity contribution in [3.63, 3.8) is 0 Å². The van der Waals surface area contributed by atoms with Crippen molar-refractivity contribution in [1.29, 1.82) is 5.26 Å². The maximum absolute atomic E-state index is 12.6. The molecular weight excluding hydrogens is 550 g/mol. The maximum atomic E-state index is 12.6. The Balaban J connectivity index is 1.30. The number of carbonyl (C=O) groups excluding carboxylic acids is 1. The summed E-state index contributed by atoms with van der Waals surface area (Å²) < 4.78 is 6.42. The van der Waals surface area contributed by atoms with E-state index in [-0.39, 0.29) is 18.4 Å². The van der Waals surface area contributed by atoms with E-state index in [9.17, 15) is 10.1 Å². The zero-order valence-electron chi connectivity index (χ0n) is 26.0. The number of fused-ring (bicyclic) bond motifs is 2. The number of nitrogens with zero attached hydrogens (tertiary/aromatic N) is 7. The molecule has 1 saturated carbocycles. The number of nitriles is 1. The van der Waals surface area contributed by atoms with E-state index in [2.05, 4.69) is 83.9 Å². The van der Waals surface area contributed by atoms with Crippen molar-refractivity contribution in [2.45, 2.75) is 57.2 Å². The molecule has 2 aliphatic heterocycles. The van der Waals surface area contributed by atoms with Gasteiger partial charge in [-0.2, -0.15) is 15.2 Å². The van der Waals surface area contributed by atoms with Gasteiger partial charge in [0.25, 0.3) is 0 Å². The predicted molar refractivity (Wildman–Crippen MR) is 174 cm³/mol. The number of anilines is 2. The Bertz CT molecular complexity index is 1540. The van der Waals surface area contributed by atoms with E-state index in [1.165, 1.54) is 35.4 Å². The van der Waals surface area contributed by atoms with E-state index in [1.54, 1.807) is 4.90 Å². The van der Waals surface area contributed by atoms with Gasteiger partial charge in [0.1, 0.15) is 5.82 Å². The fourth-order valence-corrected chi connectivity index (χ4v) is 7.21. The van der Waals surface area contributed by atoms with E-state index in [0.717, 1.165) is 42.9 Å². The lowest BCUT2D eigenvalue weighted by Crippen LogP contribution is -2.55. The summed E-state index contributed by atoms with van der Waals surface area (Å²) in [5.41, 5.74) is 3.33. The van der Waals surface area contributed by atoms with Gasteiger partial charge < -0.3 is 24.3 Å². The number of hydrogen-bond donors (Lipinski definition) is 0. The zero-order chi connectivity index (χ0) is 30.6. The van der Waals surface area contributed by atoms with E-state index in [1.807, 2.05) is 0 Å². The molecule has 3 aliphatic rings. The first-order valence-electron chi connectivity index (χ1n) is 15.9. The average molecular weight is 594 g/mol. The quantitative estimate of drug-likeness (QED) is 0.344. The highest BCUT2D eigenvalue weighted by molar-refractivity contribution is 5.94. The van der Waals surface area contributed by atoms with Crippen LogP contribution in [0.1, 0.15) is 43.4 Å². The van der Waals surface area contributed by atoms with Gasteiger partial charge >= 0.3 is 6.01 Å². The Morgan fingerprint density at radius 2 is 1.95 bits per heavy atom. The summed E-state index contributed by atoms with van der Waals surface area (Å²) in [6.07, 6.45) is 7.12. The third-order valence-corrected chi connectivity index (χ3v) is 9.63. The standard InChI is InChI=1S/C35H43N7O2/c1-4-33(43)42-20-19-41(22-28(42)15-17-36)34-30-16-18-40(32-14-8-11-26-10-5-6-13-29(26)32)23-31(30)37-35(38-34)44-24-25-9-7-12-27(21-25)39(2)3/h4-6,8,10-11,13-14,25,27-28H,1,7,9,12,15-16,18-24H2,2-3H3. The summed E-state index contributed by atoms with van der Waals surface area (Å²) in [7, 11) is 4.33. The Hall–Kier alpha value is -4.16. The Morgan fingerprint density at radius 1 is 1.11 bits per heavy atom. The normalized spacial score (nSPS) is 22.0. The molecular formula is C35H43N7O2. The van der Waals surface area contributed by atoms with Gasteiger partial charge in [-0.15, -0.1) is 0 Å². The number of carbonyl (C=O) groups is 1. The second-order valence-electron chi connectivity index (χ2n) is 12.6. The first-order chi connectivity index (χ1) is 21.4. The molecule has 0 bridgehead atoms. The van der Waals surface area contributed by atoms with Crippen LogP contribution < -0.4 is 14.5 Å². The molecule has 6 rings (SSSR count). The largest absolute Gasteiger partial charge is 0.463 e. The third kappa shape index (κ3) is 6.22. The average Bonchev–Trinajstić information content (AvgIpc) is 3.06. The van der Waals surface area contributed by atoms with Crippen LogP contribution in [0.2, 0.25) is 0 Å². The van der Waals surface area contributed by atoms with Gasteiger partial charge in [-0.05, 0) is 63.2 Å². The molecule has 1 aliphatic carbocycles. The minimum atomic E-state index is -0.227. The minimum Gasteiger partial charge on any atom is -0.463 e. The molecule has 2 aromatic carbocycles. The number of ether oxygens (including phenoxy) is 1. The van der Waals surface area contributed by atoms with Gasteiger partial charge in [-0.3, -0.25) is 4.79 Å². The second-order valence-corrected chi connectivity index (χ2v) is 12.6. The number of piperazine rings is 1. The highest BCUT2D eigenvalue weighted by Gasteiger charge is 2.33. The lowest BCUT2D eigenvalue weighted by atomic mass is 9.86. The van der Waals surface area contributed by atoms with Crippen LogP contribution in [-0.4, -0.2) is 84.6 Å². The summed E-state index contributed by atoms with van der Waals surface area (Å²) >= 11 is 0. The van der Waals surface area contributed by atoms with Gasteiger partial charge in [0.05, 0.1) is 37.4 Å². The first-order valence-corrected chi connectivity index (χ1v) is 15.9. The van der Waals surface area contributed by atoms with Crippen molar-refractivity contribution in [3.05, 3.63) is 66.4 Å². The smallest absolute Gasteiger partial charge is 0.318 e. The number of rotatable bonds is 8. The molecule has 44 heavy (non-hydrogen) atoms. The fourth-order valence-electron chi connectivity index (χ4n) is 7.21. The SMILES string of the molecule is C=CC(=O)N1CCN(c2nc(OCC3CCCC(N(C)C)C3)nc3c2CCN(c2cccc4ccccc24)C3)CC1CC#N. The topological polar surface area (TPSA) is 88.8 Å². The molecule has 9 heteroatoms. The second kappa shape index (κ2) is 13.2. The number of aromatic nitrogens is 2. The van der Waals surface area contributed by atoms with Crippen LogP contribution in [0.3, 0.4) is 0 Å². The van der Waals surface area contributed by atoms with E-state index in [0.29, 0.717) is 50.8 Å². The van der Waals surface area contributed by atoms with Crippen molar-refractivity contribution in [2.24, 2.45) is 5.92 Å². The van der Waals surface area contributed by atoms with Gasteiger partial charge in [-0.1, -0.05) is 49.4 Å². The lowest BCUT2D eigenvalue weighted by molar-refractivity contribution is -0.128. The molecule has 1 aromatic heterocycles. The summed E-state index contributed by atoms with van der Waals surface area (Å²) in [6, 6.07) is 18.0. The summed E-state index contributed by atoms with van der Waals surface area (Å²) in [5, 5.41) is 12.0. The molecule has 0 radical (unpaired) electrons. The molecule has 2 fully saturated rings. The predicted octanol–water partition coefficient (Wildman–Crippen LogP) is 4.81. The van der Waals surface area contributed by atoms with E-state index >= 15 is 0 Å². The fraction of sp³-hybridized carbons (Fsp3) is 0.486. The van der Waals surface area contributed by atoms with Crippen LogP contribution in [0.15, 0.2) is 55.1 Å². The van der Waals surface area contributed by atoms with E-state index < -0.39 is 0 Å². The van der Waals surface area contributed by atoms with Crippen molar-refractivity contribution < 1.29 is 9.53 Å². The van der Waals surface area contributed by atoms with Gasteiger partial charge in [0.15, 0.2) is 0 Å². The molecule has 0 N–H and O–H groups in total.